The summed E-state index contributed by atoms with van der Waals surface area (Å²) in [4.78, 5) is 24.6. The van der Waals surface area contributed by atoms with Gasteiger partial charge < -0.3 is 14.9 Å². The third-order valence-corrected chi connectivity index (χ3v) is 4.57. The zero-order valence-corrected chi connectivity index (χ0v) is 14.6. The Morgan fingerprint density at radius 1 is 1.19 bits per heavy atom. The van der Waals surface area contributed by atoms with Crippen LogP contribution in [0.5, 0.6) is 0 Å². The van der Waals surface area contributed by atoms with Crippen molar-refractivity contribution in [3.8, 4) is 0 Å². The molecule has 2 aromatic heterocycles. The first-order chi connectivity index (χ1) is 12.6. The maximum atomic E-state index is 12.9. The first kappa shape index (κ1) is 16.1. The molecule has 4 rings (SSSR count). The van der Waals surface area contributed by atoms with Crippen molar-refractivity contribution in [2.45, 2.75) is 13.0 Å². The van der Waals surface area contributed by atoms with Crippen LogP contribution in [0.1, 0.15) is 33.4 Å². The lowest BCUT2D eigenvalue weighted by Crippen LogP contribution is -2.31. The van der Waals surface area contributed by atoms with Crippen LogP contribution in [0.2, 0.25) is 0 Å². The molecule has 2 aromatic carbocycles. The summed E-state index contributed by atoms with van der Waals surface area (Å²) in [5, 5.41) is 3.13. The molecule has 2 N–H and O–H groups in total. The van der Waals surface area contributed by atoms with Gasteiger partial charge in [-0.25, -0.2) is 9.97 Å². The van der Waals surface area contributed by atoms with Crippen LogP contribution < -0.4 is 5.32 Å². The summed E-state index contributed by atoms with van der Waals surface area (Å²) in [6, 6.07) is 13.1. The maximum Gasteiger partial charge on any atom is 0.252 e. The summed E-state index contributed by atoms with van der Waals surface area (Å²) >= 11 is 0. The maximum absolute atomic E-state index is 12.9. The second-order valence-corrected chi connectivity index (χ2v) is 6.29. The number of nitrogens with one attached hydrogen (secondary N) is 2. The summed E-state index contributed by atoms with van der Waals surface area (Å²) < 4.78 is 1.93. The van der Waals surface area contributed by atoms with Gasteiger partial charge in [0.1, 0.15) is 11.9 Å². The smallest absolute Gasteiger partial charge is 0.252 e. The fourth-order valence-electron chi connectivity index (χ4n) is 3.14. The number of nitrogens with zero attached hydrogens (tertiary/aromatic N) is 3. The molecule has 0 saturated carbocycles. The lowest BCUT2D eigenvalue weighted by atomic mass is 10.00. The number of rotatable bonds is 4. The van der Waals surface area contributed by atoms with Crippen LogP contribution in [-0.2, 0) is 7.05 Å². The third-order valence-electron chi connectivity index (χ3n) is 4.57. The monoisotopic (exact) mass is 345 g/mol. The first-order valence-electron chi connectivity index (χ1n) is 8.40. The molecule has 0 radical (unpaired) electrons. The van der Waals surface area contributed by atoms with E-state index in [4.69, 9.17) is 0 Å². The summed E-state index contributed by atoms with van der Waals surface area (Å²) in [5.41, 5.74) is 4.38. The molecule has 6 heteroatoms. The predicted octanol–water partition coefficient (Wildman–Crippen LogP) is 3.12. The average Bonchev–Trinajstić information content (AvgIpc) is 3.28. The zero-order chi connectivity index (χ0) is 18.1. The fourth-order valence-corrected chi connectivity index (χ4v) is 3.14. The van der Waals surface area contributed by atoms with Crippen LogP contribution in [0.3, 0.4) is 0 Å². The molecule has 0 aliphatic rings. The van der Waals surface area contributed by atoms with Gasteiger partial charge in [0, 0.05) is 25.0 Å². The van der Waals surface area contributed by atoms with Crippen LogP contribution in [0.4, 0.5) is 0 Å². The number of amides is 1. The number of carbonyl (C=O) groups excluding carboxylic acids is 1. The van der Waals surface area contributed by atoms with Crippen molar-refractivity contribution in [3.05, 3.63) is 83.7 Å². The minimum Gasteiger partial charge on any atom is -0.345 e. The van der Waals surface area contributed by atoms with E-state index >= 15 is 0 Å². The van der Waals surface area contributed by atoms with Gasteiger partial charge in [0.2, 0.25) is 0 Å². The molecule has 26 heavy (non-hydrogen) atoms. The van der Waals surface area contributed by atoms with Gasteiger partial charge in [0.25, 0.3) is 5.91 Å². The molecule has 1 atom stereocenters. The highest BCUT2D eigenvalue weighted by Crippen LogP contribution is 2.24. The molecule has 1 amide bonds. The van der Waals surface area contributed by atoms with E-state index in [1.807, 2.05) is 61.1 Å². The predicted molar refractivity (Wildman–Crippen MR) is 99.8 cm³/mol. The number of aromatic amines is 1. The Labute approximate surface area is 150 Å². The standard InChI is InChI=1S/C20H19N5O/c1-13-5-3-4-6-15(13)18(19-21-9-10-25(19)2)24-20(26)14-7-8-16-17(11-14)23-12-22-16/h3-12,18H,1-2H3,(H,22,23)(H,24,26). The highest BCUT2D eigenvalue weighted by atomic mass is 16.1. The minimum atomic E-state index is -0.332. The normalized spacial score (nSPS) is 12.2. The van der Waals surface area contributed by atoms with E-state index in [1.54, 1.807) is 18.6 Å². The summed E-state index contributed by atoms with van der Waals surface area (Å²) in [5.74, 6) is 0.632. The fraction of sp³-hybridized carbons (Fsp3) is 0.150. The van der Waals surface area contributed by atoms with Gasteiger partial charge in [0.05, 0.1) is 17.4 Å². The molecule has 0 saturated heterocycles. The molecule has 0 aliphatic carbocycles. The number of aryl methyl sites for hydroxylation is 2. The Bertz CT molecular complexity index is 1080. The molecule has 6 nitrogen and oxygen atoms in total. The van der Waals surface area contributed by atoms with Crippen molar-refractivity contribution >= 4 is 16.9 Å². The number of aromatic nitrogens is 4. The largest absolute Gasteiger partial charge is 0.345 e. The van der Waals surface area contributed by atoms with Crippen molar-refractivity contribution in [2.75, 3.05) is 0 Å². The number of hydrogen-bond acceptors (Lipinski definition) is 3. The molecule has 1 unspecified atom stereocenters. The molecular formula is C20H19N5O. The lowest BCUT2D eigenvalue weighted by molar-refractivity contribution is 0.0941. The van der Waals surface area contributed by atoms with E-state index in [9.17, 15) is 4.79 Å². The third kappa shape index (κ3) is 2.86. The number of fused-ring (bicyclic) bond motifs is 1. The Morgan fingerprint density at radius 3 is 2.81 bits per heavy atom. The second kappa shape index (κ2) is 6.48. The number of imidazole rings is 2. The molecule has 2 heterocycles. The molecular weight excluding hydrogens is 326 g/mol. The SMILES string of the molecule is Cc1ccccc1C(NC(=O)c1ccc2nc[nH]c2c1)c1nccn1C. The van der Waals surface area contributed by atoms with Crippen LogP contribution in [0, 0.1) is 6.92 Å². The molecule has 0 bridgehead atoms. The van der Waals surface area contributed by atoms with Gasteiger partial charge in [-0.2, -0.15) is 0 Å². The van der Waals surface area contributed by atoms with Gasteiger partial charge in [-0.05, 0) is 36.2 Å². The van der Waals surface area contributed by atoms with Gasteiger partial charge in [-0.3, -0.25) is 4.79 Å². The molecule has 130 valence electrons. The van der Waals surface area contributed by atoms with E-state index in [1.165, 1.54) is 0 Å². The quantitative estimate of drug-likeness (QED) is 0.597. The number of carbonyl (C=O) groups is 1. The first-order valence-corrected chi connectivity index (χ1v) is 8.40. The zero-order valence-electron chi connectivity index (χ0n) is 14.6. The number of hydrogen-bond donors (Lipinski definition) is 2. The van der Waals surface area contributed by atoms with Crippen molar-refractivity contribution in [2.24, 2.45) is 7.05 Å². The van der Waals surface area contributed by atoms with Gasteiger partial charge >= 0.3 is 0 Å². The van der Waals surface area contributed by atoms with Gasteiger partial charge in [-0.15, -0.1) is 0 Å². The summed E-state index contributed by atoms with van der Waals surface area (Å²) in [6.07, 6.45) is 5.24. The topological polar surface area (TPSA) is 75.6 Å². The molecule has 0 spiro atoms. The molecule has 4 aromatic rings. The molecule has 0 aliphatic heterocycles. The lowest BCUT2D eigenvalue weighted by Gasteiger charge is -2.21. The van der Waals surface area contributed by atoms with Crippen LogP contribution in [0.15, 0.2) is 61.2 Å². The van der Waals surface area contributed by atoms with Crippen molar-refractivity contribution in [1.82, 2.24) is 24.8 Å². The second-order valence-electron chi connectivity index (χ2n) is 6.29. The Kier molecular flexibility index (Phi) is 4.01. The van der Waals surface area contributed by atoms with Crippen molar-refractivity contribution < 1.29 is 4.79 Å². The van der Waals surface area contributed by atoms with E-state index in [-0.39, 0.29) is 11.9 Å². The van der Waals surface area contributed by atoms with Crippen molar-refractivity contribution in [1.29, 1.82) is 0 Å². The highest BCUT2D eigenvalue weighted by molar-refractivity contribution is 5.97. The number of benzene rings is 2. The number of H-pyrrole nitrogens is 1. The van der Waals surface area contributed by atoms with Crippen LogP contribution >= 0.6 is 0 Å². The van der Waals surface area contributed by atoms with Gasteiger partial charge in [-0.1, -0.05) is 24.3 Å². The Morgan fingerprint density at radius 2 is 2.04 bits per heavy atom. The van der Waals surface area contributed by atoms with Crippen LogP contribution in [-0.4, -0.2) is 25.4 Å². The van der Waals surface area contributed by atoms with E-state index in [2.05, 4.69) is 20.3 Å². The van der Waals surface area contributed by atoms with Crippen molar-refractivity contribution in [3.63, 3.8) is 0 Å². The Hall–Kier alpha value is -3.41. The minimum absolute atomic E-state index is 0.155. The Balaban J connectivity index is 1.71. The molecule has 0 fully saturated rings. The van der Waals surface area contributed by atoms with E-state index in [0.29, 0.717) is 5.56 Å². The average molecular weight is 345 g/mol. The van der Waals surface area contributed by atoms with Gasteiger partial charge in [0.15, 0.2) is 0 Å². The van der Waals surface area contributed by atoms with E-state index < -0.39 is 0 Å². The summed E-state index contributed by atoms with van der Waals surface area (Å²) in [6.45, 7) is 2.04. The highest BCUT2D eigenvalue weighted by Gasteiger charge is 2.23. The van der Waals surface area contributed by atoms with Crippen LogP contribution in [0.25, 0.3) is 11.0 Å². The summed E-state index contributed by atoms with van der Waals surface area (Å²) in [7, 11) is 1.93. The van der Waals surface area contributed by atoms with E-state index in [0.717, 1.165) is 28.0 Å².